The van der Waals surface area contributed by atoms with Crippen molar-refractivity contribution in [1.82, 2.24) is 14.8 Å². The maximum atomic E-state index is 13.4. The van der Waals surface area contributed by atoms with Crippen LogP contribution in [0.4, 0.5) is 10.2 Å². The van der Waals surface area contributed by atoms with Gasteiger partial charge in [0.15, 0.2) is 11.6 Å². The average molecular weight is 299 g/mol. The number of anilines is 1. The Hall–Kier alpha value is -1.43. The van der Waals surface area contributed by atoms with Crippen LogP contribution in [-0.4, -0.2) is 21.3 Å². The number of hydrogen-bond donors (Lipinski definition) is 1. The van der Waals surface area contributed by atoms with Gasteiger partial charge in [0.05, 0.1) is 5.69 Å². The van der Waals surface area contributed by atoms with Gasteiger partial charge >= 0.3 is 0 Å². The van der Waals surface area contributed by atoms with Gasteiger partial charge in [0.25, 0.3) is 0 Å². The first-order valence-corrected chi connectivity index (χ1v) is 5.98. The maximum absolute atomic E-state index is 13.4. The van der Waals surface area contributed by atoms with E-state index in [1.54, 1.807) is 10.9 Å². The highest BCUT2D eigenvalue weighted by Gasteiger charge is 2.04. The molecular formula is C11H12BrFN4. The molecule has 0 aliphatic carbocycles. The molecule has 0 radical (unpaired) electrons. The molecule has 6 heteroatoms. The van der Waals surface area contributed by atoms with Crippen LogP contribution >= 0.6 is 15.9 Å². The Labute approximate surface area is 107 Å². The van der Waals surface area contributed by atoms with Gasteiger partial charge < -0.3 is 5.32 Å². The zero-order valence-electron chi connectivity index (χ0n) is 9.32. The molecule has 0 unspecified atom stereocenters. The summed E-state index contributed by atoms with van der Waals surface area (Å²) in [5.41, 5.74) is 0.970. The lowest BCUT2D eigenvalue weighted by Crippen LogP contribution is -2.08. The monoisotopic (exact) mass is 298 g/mol. The van der Waals surface area contributed by atoms with E-state index in [-0.39, 0.29) is 11.6 Å². The standard InChI is InChI=1S/C11H12BrFN4/c1-17-5-3-9(16-17)2-4-14-11-10(13)6-8(12)7-15-11/h3,5-7H,2,4H2,1H3,(H,14,15). The number of nitrogens with zero attached hydrogens (tertiary/aromatic N) is 3. The molecule has 0 aromatic carbocycles. The van der Waals surface area contributed by atoms with E-state index < -0.39 is 0 Å². The van der Waals surface area contributed by atoms with Gasteiger partial charge in [-0.15, -0.1) is 0 Å². The Morgan fingerprint density at radius 2 is 2.35 bits per heavy atom. The second kappa shape index (κ2) is 5.27. The van der Waals surface area contributed by atoms with Crippen molar-refractivity contribution in [2.45, 2.75) is 6.42 Å². The van der Waals surface area contributed by atoms with Gasteiger partial charge in [0, 0.05) is 36.9 Å². The Bertz CT molecular complexity index is 512. The molecular weight excluding hydrogens is 287 g/mol. The molecule has 0 spiro atoms. The van der Waals surface area contributed by atoms with Crippen molar-refractivity contribution < 1.29 is 4.39 Å². The van der Waals surface area contributed by atoms with Gasteiger partial charge in [-0.25, -0.2) is 9.37 Å². The van der Waals surface area contributed by atoms with E-state index in [0.29, 0.717) is 11.0 Å². The van der Waals surface area contributed by atoms with E-state index in [1.807, 2.05) is 19.3 Å². The summed E-state index contributed by atoms with van der Waals surface area (Å²) in [7, 11) is 1.87. The minimum atomic E-state index is -0.361. The van der Waals surface area contributed by atoms with Gasteiger partial charge in [-0.05, 0) is 28.1 Å². The fraction of sp³-hybridized carbons (Fsp3) is 0.273. The van der Waals surface area contributed by atoms with E-state index >= 15 is 0 Å². The van der Waals surface area contributed by atoms with Crippen LogP contribution in [0.1, 0.15) is 5.69 Å². The van der Waals surface area contributed by atoms with Crippen molar-refractivity contribution in [1.29, 1.82) is 0 Å². The lowest BCUT2D eigenvalue weighted by atomic mass is 10.3. The number of rotatable bonds is 4. The molecule has 0 amide bonds. The molecule has 90 valence electrons. The summed E-state index contributed by atoms with van der Waals surface area (Å²) < 4.78 is 15.8. The molecule has 2 rings (SSSR count). The van der Waals surface area contributed by atoms with Crippen molar-refractivity contribution in [2.75, 3.05) is 11.9 Å². The molecule has 0 atom stereocenters. The van der Waals surface area contributed by atoms with Crippen molar-refractivity contribution in [3.8, 4) is 0 Å². The Kier molecular flexibility index (Phi) is 3.73. The fourth-order valence-corrected chi connectivity index (χ4v) is 1.75. The third-order valence-corrected chi connectivity index (χ3v) is 2.68. The van der Waals surface area contributed by atoms with Crippen molar-refractivity contribution in [2.24, 2.45) is 7.05 Å². The fourth-order valence-electron chi connectivity index (χ4n) is 1.45. The van der Waals surface area contributed by atoms with E-state index in [9.17, 15) is 4.39 Å². The largest absolute Gasteiger partial charge is 0.367 e. The molecule has 2 aromatic heterocycles. The zero-order valence-corrected chi connectivity index (χ0v) is 10.9. The predicted molar refractivity (Wildman–Crippen MR) is 67.3 cm³/mol. The summed E-state index contributed by atoms with van der Waals surface area (Å²) in [6.45, 7) is 0.600. The van der Waals surface area contributed by atoms with E-state index in [4.69, 9.17) is 0 Å². The van der Waals surface area contributed by atoms with E-state index in [1.165, 1.54) is 6.07 Å². The number of hydrogen-bond acceptors (Lipinski definition) is 3. The molecule has 0 saturated heterocycles. The van der Waals surface area contributed by atoms with Crippen LogP contribution in [0.5, 0.6) is 0 Å². The molecule has 1 N–H and O–H groups in total. The van der Waals surface area contributed by atoms with Crippen LogP contribution in [-0.2, 0) is 13.5 Å². The van der Waals surface area contributed by atoms with Crippen LogP contribution in [0.25, 0.3) is 0 Å². The molecule has 2 aromatic rings. The van der Waals surface area contributed by atoms with E-state index in [0.717, 1.165) is 12.1 Å². The van der Waals surface area contributed by atoms with Crippen molar-refractivity contribution in [3.05, 3.63) is 40.5 Å². The van der Waals surface area contributed by atoms with E-state index in [2.05, 4.69) is 31.3 Å². The lowest BCUT2D eigenvalue weighted by Gasteiger charge is -2.05. The molecule has 0 aliphatic heterocycles. The first-order chi connectivity index (χ1) is 8.15. The lowest BCUT2D eigenvalue weighted by molar-refractivity contribution is 0.623. The Balaban J connectivity index is 1.90. The second-order valence-corrected chi connectivity index (χ2v) is 4.56. The quantitative estimate of drug-likeness (QED) is 0.942. The summed E-state index contributed by atoms with van der Waals surface area (Å²) in [4.78, 5) is 3.96. The zero-order chi connectivity index (χ0) is 12.3. The highest BCUT2D eigenvalue weighted by molar-refractivity contribution is 9.10. The molecule has 0 saturated carbocycles. The summed E-state index contributed by atoms with van der Waals surface area (Å²) >= 11 is 3.16. The second-order valence-electron chi connectivity index (χ2n) is 3.64. The van der Waals surface area contributed by atoms with Gasteiger partial charge in [-0.3, -0.25) is 4.68 Å². The molecule has 0 fully saturated rings. The van der Waals surface area contributed by atoms with Crippen LogP contribution in [0.2, 0.25) is 0 Å². The smallest absolute Gasteiger partial charge is 0.166 e. The minimum absolute atomic E-state index is 0.268. The predicted octanol–water partition coefficient (Wildman–Crippen LogP) is 2.37. The van der Waals surface area contributed by atoms with Crippen molar-refractivity contribution in [3.63, 3.8) is 0 Å². The number of halogens is 2. The highest BCUT2D eigenvalue weighted by atomic mass is 79.9. The average Bonchev–Trinajstić information content (AvgIpc) is 2.68. The number of nitrogens with one attached hydrogen (secondary N) is 1. The van der Waals surface area contributed by atoms with Gasteiger partial charge in [0.2, 0.25) is 0 Å². The highest BCUT2D eigenvalue weighted by Crippen LogP contribution is 2.15. The molecule has 17 heavy (non-hydrogen) atoms. The summed E-state index contributed by atoms with van der Waals surface area (Å²) in [5, 5.41) is 7.18. The first kappa shape index (κ1) is 12.0. The number of pyridine rings is 1. The topological polar surface area (TPSA) is 42.7 Å². The van der Waals surface area contributed by atoms with Gasteiger partial charge in [-0.2, -0.15) is 5.10 Å². The normalized spacial score (nSPS) is 10.5. The Morgan fingerprint density at radius 3 is 3.00 bits per heavy atom. The number of aromatic nitrogens is 3. The van der Waals surface area contributed by atoms with Crippen molar-refractivity contribution >= 4 is 21.7 Å². The van der Waals surface area contributed by atoms with Crippen LogP contribution in [0.15, 0.2) is 29.0 Å². The SMILES string of the molecule is Cn1ccc(CCNc2ncc(Br)cc2F)n1. The van der Waals surface area contributed by atoms with Crippen LogP contribution in [0, 0.1) is 5.82 Å². The van der Waals surface area contributed by atoms with Gasteiger partial charge in [0.1, 0.15) is 0 Å². The summed E-state index contributed by atoms with van der Waals surface area (Å²) in [6.07, 6.45) is 4.18. The third-order valence-electron chi connectivity index (χ3n) is 2.25. The third kappa shape index (κ3) is 3.26. The summed E-state index contributed by atoms with van der Waals surface area (Å²) in [5.74, 6) is -0.0930. The summed E-state index contributed by atoms with van der Waals surface area (Å²) in [6, 6.07) is 3.32. The molecule has 4 nitrogen and oxygen atoms in total. The minimum Gasteiger partial charge on any atom is -0.367 e. The maximum Gasteiger partial charge on any atom is 0.166 e. The molecule has 0 bridgehead atoms. The first-order valence-electron chi connectivity index (χ1n) is 5.18. The van der Waals surface area contributed by atoms with Crippen LogP contribution < -0.4 is 5.32 Å². The Morgan fingerprint density at radius 1 is 1.53 bits per heavy atom. The molecule has 0 aliphatic rings. The van der Waals surface area contributed by atoms with Gasteiger partial charge in [-0.1, -0.05) is 0 Å². The number of aryl methyl sites for hydroxylation is 1. The van der Waals surface area contributed by atoms with Crippen LogP contribution in [0.3, 0.4) is 0 Å². The molecule has 2 heterocycles.